The van der Waals surface area contributed by atoms with Gasteiger partial charge in [0, 0.05) is 27.6 Å². The van der Waals surface area contributed by atoms with Crippen molar-refractivity contribution in [2.45, 2.75) is 12.8 Å². The summed E-state index contributed by atoms with van der Waals surface area (Å²) in [7, 11) is 0. The van der Waals surface area contributed by atoms with E-state index in [0.29, 0.717) is 0 Å². The number of anilines is 1. The maximum atomic E-state index is 11.0. The molecule has 2 nitrogen and oxygen atoms in total. The molecule has 0 amide bonds. The lowest BCUT2D eigenvalue weighted by atomic mass is 10.2. The zero-order chi connectivity index (χ0) is 10.8. The van der Waals surface area contributed by atoms with Gasteiger partial charge in [-0.25, -0.2) is 0 Å². The maximum Gasteiger partial charge on any atom is 0.152 e. The van der Waals surface area contributed by atoms with E-state index in [-0.39, 0.29) is 0 Å². The van der Waals surface area contributed by atoms with Gasteiger partial charge >= 0.3 is 0 Å². The molecule has 15 heavy (non-hydrogen) atoms. The third-order valence-corrected chi connectivity index (χ3v) is 3.67. The van der Waals surface area contributed by atoms with Crippen molar-refractivity contribution in [1.82, 2.24) is 0 Å². The largest absolute Gasteiger partial charge is 0.370 e. The quantitative estimate of drug-likeness (QED) is 0.771. The molecule has 0 atom stereocenters. The normalized spacial score (nSPS) is 15.7. The number of benzene rings is 1. The number of hydrogen-bond donors (Lipinski definition) is 0. The molecule has 0 aromatic heterocycles. The molecule has 80 valence electrons. The Morgan fingerprint density at radius 1 is 1.20 bits per heavy atom. The molecule has 0 aliphatic carbocycles. The third kappa shape index (κ3) is 2.26. The van der Waals surface area contributed by atoms with Crippen LogP contribution in [0.15, 0.2) is 21.1 Å². The van der Waals surface area contributed by atoms with Gasteiger partial charge in [0.1, 0.15) is 0 Å². The molecule has 0 unspecified atom stereocenters. The van der Waals surface area contributed by atoms with Crippen LogP contribution in [0.3, 0.4) is 0 Å². The summed E-state index contributed by atoms with van der Waals surface area (Å²) in [5, 5.41) is 0. The number of rotatable bonds is 2. The van der Waals surface area contributed by atoms with E-state index in [9.17, 15) is 4.79 Å². The van der Waals surface area contributed by atoms with E-state index in [1.807, 2.05) is 12.1 Å². The highest BCUT2D eigenvalue weighted by molar-refractivity contribution is 9.11. The molecule has 0 bridgehead atoms. The van der Waals surface area contributed by atoms with Crippen molar-refractivity contribution >= 4 is 43.8 Å². The number of hydrogen-bond acceptors (Lipinski definition) is 2. The highest BCUT2D eigenvalue weighted by Crippen LogP contribution is 2.34. The fraction of sp³-hybridized carbons (Fsp3) is 0.364. The summed E-state index contributed by atoms with van der Waals surface area (Å²) < 4.78 is 1.92. The average molecular weight is 333 g/mol. The van der Waals surface area contributed by atoms with Crippen molar-refractivity contribution in [3.63, 3.8) is 0 Å². The SMILES string of the molecule is O=Cc1cc(Br)cc(Br)c1N1CCCC1. The van der Waals surface area contributed by atoms with E-state index < -0.39 is 0 Å². The lowest BCUT2D eigenvalue weighted by molar-refractivity contribution is 0.112. The molecular formula is C11H11Br2NO. The van der Waals surface area contributed by atoms with Crippen LogP contribution < -0.4 is 4.90 Å². The summed E-state index contributed by atoms with van der Waals surface area (Å²) in [6, 6.07) is 3.85. The van der Waals surface area contributed by atoms with Gasteiger partial charge in [0.25, 0.3) is 0 Å². The first-order valence-electron chi connectivity index (χ1n) is 4.91. The number of aldehydes is 1. The molecule has 1 aromatic rings. The van der Waals surface area contributed by atoms with Crippen LogP contribution in [-0.4, -0.2) is 19.4 Å². The van der Waals surface area contributed by atoms with Gasteiger partial charge in [0.15, 0.2) is 6.29 Å². The second-order valence-electron chi connectivity index (χ2n) is 3.64. The lowest BCUT2D eigenvalue weighted by Crippen LogP contribution is -2.19. The van der Waals surface area contributed by atoms with Gasteiger partial charge in [-0.15, -0.1) is 0 Å². The first-order chi connectivity index (χ1) is 7.22. The maximum absolute atomic E-state index is 11.0. The van der Waals surface area contributed by atoms with Gasteiger partial charge in [0.05, 0.1) is 5.69 Å². The molecule has 2 rings (SSSR count). The molecule has 4 heteroatoms. The van der Waals surface area contributed by atoms with E-state index in [4.69, 9.17) is 0 Å². The molecular weight excluding hydrogens is 322 g/mol. The first kappa shape index (κ1) is 11.1. The Labute approximate surface area is 106 Å². The minimum Gasteiger partial charge on any atom is -0.370 e. The Kier molecular flexibility index (Phi) is 3.46. The van der Waals surface area contributed by atoms with Crippen molar-refractivity contribution in [2.24, 2.45) is 0 Å². The molecule has 0 N–H and O–H groups in total. The smallest absolute Gasteiger partial charge is 0.152 e. The minimum absolute atomic E-state index is 0.748. The Morgan fingerprint density at radius 3 is 2.47 bits per heavy atom. The van der Waals surface area contributed by atoms with E-state index in [2.05, 4.69) is 36.8 Å². The monoisotopic (exact) mass is 331 g/mol. The Bertz CT molecular complexity index is 386. The summed E-state index contributed by atoms with van der Waals surface area (Å²) in [6.45, 7) is 2.09. The molecule has 1 fully saturated rings. The third-order valence-electron chi connectivity index (χ3n) is 2.61. The molecule has 0 radical (unpaired) electrons. The highest BCUT2D eigenvalue weighted by atomic mass is 79.9. The van der Waals surface area contributed by atoms with Crippen LogP contribution in [0.4, 0.5) is 5.69 Å². The van der Waals surface area contributed by atoms with Gasteiger partial charge in [-0.2, -0.15) is 0 Å². The molecule has 0 saturated carbocycles. The van der Waals surface area contributed by atoms with Crippen molar-refractivity contribution in [1.29, 1.82) is 0 Å². The first-order valence-corrected chi connectivity index (χ1v) is 6.50. The van der Waals surface area contributed by atoms with Crippen molar-refractivity contribution in [3.05, 3.63) is 26.6 Å². The van der Waals surface area contributed by atoms with Crippen molar-refractivity contribution in [3.8, 4) is 0 Å². The van der Waals surface area contributed by atoms with Crippen LogP contribution in [0.2, 0.25) is 0 Å². The fourth-order valence-electron chi connectivity index (χ4n) is 1.95. The Hall–Kier alpha value is -0.350. The van der Waals surface area contributed by atoms with Gasteiger partial charge in [-0.05, 0) is 40.9 Å². The van der Waals surface area contributed by atoms with Gasteiger partial charge in [0.2, 0.25) is 0 Å². The number of carbonyl (C=O) groups is 1. The van der Waals surface area contributed by atoms with E-state index in [0.717, 1.165) is 39.6 Å². The van der Waals surface area contributed by atoms with Crippen LogP contribution in [-0.2, 0) is 0 Å². The van der Waals surface area contributed by atoms with E-state index in [1.165, 1.54) is 12.8 Å². The molecule has 1 heterocycles. The summed E-state index contributed by atoms with van der Waals surface area (Å²) in [6.07, 6.45) is 3.34. The Morgan fingerprint density at radius 2 is 1.87 bits per heavy atom. The molecule has 1 aliphatic rings. The highest BCUT2D eigenvalue weighted by Gasteiger charge is 2.18. The van der Waals surface area contributed by atoms with E-state index in [1.54, 1.807) is 0 Å². The van der Waals surface area contributed by atoms with Crippen LogP contribution in [0.5, 0.6) is 0 Å². The minimum atomic E-state index is 0.748. The predicted molar refractivity (Wildman–Crippen MR) is 68.7 cm³/mol. The van der Waals surface area contributed by atoms with Gasteiger partial charge < -0.3 is 4.90 Å². The van der Waals surface area contributed by atoms with Gasteiger partial charge in [-0.3, -0.25) is 4.79 Å². The lowest BCUT2D eigenvalue weighted by Gasteiger charge is -2.21. The zero-order valence-electron chi connectivity index (χ0n) is 8.17. The topological polar surface area (TPSA) is 20.3 Å². The molecule has 0 spiro atoms. The standard InChI is InChI=1S/C11H11Br2NO/c12-9-5-8(7-15)11(10(13)6-9)14-3-1-2-4-14/h5-7H,1-4H2. The number of nitrogens with zero attached hydrogens (tertiary/aromatic N) is 1. The molecule has 1 saturated heterocycles. The second kappa shape index (κ2) is 4.66. The van der Waals surface area contributed by atoms with E-state index >= 15 is 0 Å². The average Bonchev–Trinajstić information content (AvgIpc) is 2.69. The van der Waals surface area contributed by atoms with Crippen LogP contribution in [0, 0.1) is 0 Å². The molecule has 1 aromatic carbocycles. The predicted octanol–water partition coefficient (Wildman–Crippen LogP) is 3.62. The van der Waals surface area contributed by atoms with Crippen molar-refractivity contribution < 1.29 is 4.79 Å². The van der Waals surface area contributed by atoms with Crippen LogP contribution in [0.1, 0.15) is 23.2 Å². The summed E-state index contributed by atoms with van der Waals surface area (Å²) in [5.41, 5.74) is 1.78. The second-order valence-corrected chi connectivity index (χ2v) is 5.41. The van der Waals surface area contributed by atoms with Crippen LogP contribution in [0.25, 0.3) is 0 Å². The zero-order valence-corrected chi connectivity index (χ0v) is 11.3. The number of halogens is 2. The van der Waals surface area contributed by atoms with Crippen LogP contribution >= 0.6 is 31.9 Å². The fourth-order valence-corrected chi connectivity index (χ4v) is 3.46. The van der Waals surface area contributed by atoms with Crippen molar-refractivity contribution in [2.75, 3.05) is 18.0 Å². The number of carbonyl (C=O) groups excluding carboxylic acids is 1. The summed E-state index contributed by atoms with van der Waals surface area (Å²) >= 11 is 6.91. The molecule has 1 aliphatic heterocycles. The summed E-state index contributed by atoms with van der Waals surface area (Å²) in [5.74, 6) is 0. The summed E-state index contributed by atoms with van der Waals surface area (Å²) in [4.78, 5) is 13.3. The Balaban J connectivity index is 2.47. The van der Waals surface area contributed by atoms with Gasteiger partial charge in [-0.1, -0.05) is 15.9 Å².